The molecule has 2 aliphatic heterocycles. The zero-order valence-electron chi connectivity index (χ0n) is 30.2. The number of hydrogen-bond acceptors (Lipinski definition) is 11. The molecule has 4 bridgehead atoms. The lowest BCUT2D eigenvalue weighted by Crippen LogP contribution is -2.61. The van der Waals surface area contributed by atoms with Crippen LogP contribution in [0.25, 0.3) is 0 Å². The van der Waals surface area contributed by atoms with E-state index in [1.165, 1.54) is 6.42 Å². The number of hydrogen-bond donors (Lipinski definition) is 1. The molecule has 0 radical (unpaired) electrons. The van der Waals surface area contributed by atoms with Crippen LogP contribution in [0.4, 0.5) is 0 Å². The normalized spacial score (nSPS) is 30.3. The van der Waals surface area contributed by atoms with Gasteiger partial charge in [0.2, 0.25) is 6.10 Å². The third-order valence-electron chi connectivity index (χ3n) is 10.8. The number of thioether (sulfide) groups is 2. The summed E-state index contributed by atoms with van der Waals surface area (Å²) in [6.07, 6.45) is 7.88. The fourth-order valence-electron chi connectivity index (χ4n) is 6.74. The lowest BCUT2D eigenvalue weighted by Gasteiger charge is -2.59. The van der Waals surface area contributed by atoms with Gasteiger partial charge in [-0.05, 0) is 105 Å². The topological polar surface area (TPSA) is 125 Å². The largest absolute Gasteiger partial charge is 0.463 e. The molecule has 9 nitrogen and oxygen atoms in total. The maximum Gasteiger partial charge on any atom is 0.347 e. The third kappa shape index (κ3) is 10.8. The molecule has 1 N–H and O–H groups in total. The van der Waals surface area contributed by atoms with Gasteiger partial charge < -0.3 is 24.1 Å². The van der Waals surface area contributed by atoms with E-state index in [9.17, 15) is 24.3 Å². The minimum absolute atomic E-state index is 0.0481. The minimum Gasteiger partial charge on any atom is -0.463 e. The van der Waals surface area contributed by atoms with Crippen LogP contribution in [-0.4, -0.2) is 75.6 Å². The van der Waals surface area contributed by atoms with E-state index in [4.69, 9.17) is 18.9 Å². The molecule has 0 spiro atoms. The van der Waals surface area contributed by atoms with Crippen molar-refractivity contribution in [3.05, 3.63) is 0 Å². The van der Waals surface area contributed by atoms with Crippen molar-refractivity contribution < 1.29 is 43.2 Å². The van der Waals surface area contributed by atoms with Crippen LogP contribution in [-0.2, 0) is 38.1 Å². The summed E-state index contributed by atoms with van der Waals surface area (Å²) < 4.78 is 21.2. The first-order valence-electron chi connectivity index (χ1n) is 17.5. The summed E-state index contributed by atoms with van der Waals surface area (Å²) in [6, 6.07) is 0. The summed E-state index contributed by atoms with van der Waals surface area (Å²) in [6.45, 7) is 17.7. The molecule has 6 fully saturated rings. The predicted molar refractivity (Wildman–Crippen MR) is 186 cm³/mol. The van der Waals surface area contributed by atoms with Gasteiger partial charge in [-0.2, -0.15) is 0 Å². The van der Waals surface area contributed by atoms with Gasteiger partial charge in [0.1, 0.15) is 11.7 Å². The van der Waals surface area contributed by atoms with E-state index in [1.54, 1.807) is 13.8 Å². The lowest BCUT2D eigenvalue weighted by atomic mass is 9.52. The van der Waals surface area contributed by atoms with Crippen LogP contribution in [0.2, 0.25) is 0 Å². The van der Waals surface area contributed by atoms with E-state index >= 15 is 0 Å². The van der Waals surface area contributed by atoms with Gasteiger partial charge in [0.05, 0.1) is 28.5 Å². The van der Waals surface area contributed by atoms with Gasteiger partial charge in [0.25, 0.3) is 0 Å². The Morgan fingerprint density at radius 2 is 1.30 bits per heavy atom. The van der Waals surface area contributed by atoms with Crippen LogP contribution >= 0.6 is 23.5 Å². The van der Waals surface area contributed by atoms with Gasteiger partial charge >= 0.3 is 23.9 Å². The van der Waals surface area contributed by atoms with E-state index in [0.29, 0.717) is 37.7 Å². The van der Waals surface area contributed by atoms with Crippen molar-refractivity contribution in [3.8, 4) is 0 Å². The number of ether oxygens (including phenoxy) is 4. The number of cyclic esters (lactones) is 1. The minimum atomic E-state index is -0.687. The van der Waals surface area contributed by atoms with E-state index in [0.717, 1.165) is 55.1 Å². The monoisotopic (exact) mass is 700 g/mol. The van der Waals surface area contributed by atoms with E-state index in [2.05, 4.69) is 0 Å². The fraction of sp³-hybridized carbons (Fsp3) is 0.889. The number of esters is 4. The molecular formula is C36H60O9S2. The molecule has 0 amide bonds. The van der Waals surface area contributed by atoms with E-state index in [1.807, 2.05) is 72.0 Å². The number of rotatable bonds is 9. The number of carbonyl (C=O) groups excluding carboxylic acids is 4. The van der Waals surface area contributed by atoms with E-state index in [-0.39, 0.29) is 35.0 Å². The summed E-state index contributed by atoms with van der Waals surface area (Å²) in [7, 11) is 0. The second-order valence-electron chi connectivity index (χ2n) is 16.2. The van der Waals surface area contributed by atoms with Crippen LogP contribution in [0.5, 0.6) is 0 Å². The quantitative estimate of drug-likeness (QED) is 0.196. The Morgan fingerprint density at radius 1 is 0.809 bits per heavy atom. The molecule has 6 rings (SSSR count). The number of carbonyl (C=O) groups is 4. The molecule has 0 aromatic rings. The van der Waals surface area contributed by atoms with Crippen LogP contribution in [0.1, 0.15) is 127 Å². The summed E-state index contributed by atoms with van der Waals surface area (Å²) in [5.74, 6) is 2.15. The smallest absolute Gasteiger partial charge is 0.347 e. The highest BCUT2D eigenvalue weighted by atomic mass is 32.2. The van der Waals surface area contributed by atoms with Crippen molar-refractivity contribution in [1.82, 2.24) is 0 Å². The van der Waals surface area contributed by atoms with Crippen molar-refractivity contribution >= 4 is 47.4 Å². The molecule has 3 atom stereocenters. The Hall–Kier alpha value is -1.46. The van der Waals surface area contributed by atoms with Crippen molar-refractivity contribution in [2.45, 2.75) is 150 Å². The molecule has 6 aliphatic rings. The standard InChI is InChI=1S/C16H26O3.C10H16O4.C10H18O2S2/c1-4-14(2,3)13(17)19-16-8-11-5-12(9-16)7-15(18,6-11)10-16;1-4-10(2,3)9(12)14-7-5-6-13-8(7)11;1-4-10(2,3)9(11)12-8-5-13-7-14-6-8/h11-12,18H,4-10H2,1-3H3;7H,4-6H2,1-3H3;8H,4-7H2,1-3H3. The van der Waals surface area contributed by atoms with Crippen LogP contribution in [0.3, 0.4) is 0 Å². The van der Waals surface area contributed by atoms with Gasteiger partial charge in [-0.15, -0.1) is 23.5 Å². The van der Waals surface area contributed by atoms with E-state index < -0.39 is 28.5 Å². The Bertz CT molecular complexity index is 1100. The molecule has 4 aliphatic carbocycles. The molecular weight excluding hydrogens is 641 g/mol. The molecule has 0 aromatic heterocycles. The molecule has 0 aromatic carbocycles. The third-order valence-corrected chi connectivity index (χ3v) is 13.3. The second kappa shape index (κ2) is 16.0. The van der Waals surface area contributed by atoms with Crippen LogP contribution < -0.4 is 0 Å². The van der Waals surface area contributed by atoms with Crippen LogP contribution in [0.15, 0.2) is 0 Å². The number of aliphatic hydroxyl groups is 1. The molecule has 4 saturated carbocycles. The first-order chi connectivity index (χ1) is 21.8. The van der Waals surface area contributed by atoms with Gasteiger partial charge in [-0.3, -0.25) is 14.4 Å². The molecule has 47 heavy (non-hydrogen) atoms. The van der Waals surface area contributed by atoms with Gasteiger partial charge in [-0.1, -0.05) is 20.8 Å². The SMILES string of the molecule is CCC(C)(C)C(=O)OC12CC3CC(CC(O)(C3)C1)C2.CCC(C)(C)C(=O)OC1CCOC1=O.CCC(C)(C)C(=O)OC1CSCSC1. The summed E-state index contributed by atoms with van der Waals surface area (Å²) >= 11 is 3.70. The molecule has 3 unspecified atom stereocenters. The molecule has 11 heteroatoms. The first kappa shape index (κ1) is 40.0. The Morgan fingerprint density at radius 3 is 1.74 bits per heavy atom. The van der Waals surface area contributed by atoms with Gasteiger partial charge in [0.15, 0.2) is 0 Å². The van der Waals surface area contributed by atoms with Crippen molar-refractivity contribution in [1.29, 1.82) is 0 Å². The lowest BCUT2D eigenvalue weighted by molar-refractivity contribution is -0.225. The summed E-state index contributed by atoms with van der Waals surface area (Å²) in [4.78, 5) is 46.7. The van der Waals surface area contributed by atoms with Gasteiger partial charge in [0, 0.05) is 29.4 Å². The zero-order chi connectivity index (χ0) is 35.3. The Balaban J connectivity index is 0.000000196. The maximum absolute atomic E-state index is 12.4. The van der Waals surface area contributed by atoms with Crippen molar-refractivity contribution in [2.24, 2.45) is 28.1 Å². The maximum atomic E-state index is 12.4. The second-order valence-corrected chi connectivity index (χ2v) is 18.6. The average molecular weight is 701 g/mol. The highest BCUT2D eigenvalue weighted by Crippen LogP contribution is 2.59. The summed E-state index contributed by atoms with van der Waals surface area (Å²) in [5.41, 5.74) is -2.18. The van der Waals surface area contributed by atoms with Crippen molar-refractivity contribution in [3.63, 3.8) is 0 Å². The highest BCUT2D eigenvalue weighted by molar-refractivity contribution is 8.16. The highest BCUT2D eigenvalue weighted by Gasteiger charge is 2.59. The molecule has 2 heterocycles. The first-order valence-corrected chi connectivity index (χ1v) is 19.8. The van der Waals surface area contributed by atoms with Crippen molar-refractivity contribution in [2.75, 3.05) is 23.2 Å². The molecule has 270 valence electrons. The average Bonchev–Trinajstić information content (AvgIpc) is 3.40. The van der Waals surface area contributed by atoms with Crippen LogP contribution in [0, 0.1) is 28.1 Å². The summed E-state index contributed by atoms with van der Waals surface area (Å²) in [5, 5.41) is 11.8. The molecule has 2 saturated heterocycles. The fourth-order valence-corrected chi connectivity index (χ4v) is 9.02. The van der Waals surface area contributed by atoms with Gasteiger partial charge in [-0.25, -0.2) is 4.79 Å². The zero-order valence-corrected chi connectivity index (χ0v) is 31.9. The predicted octanol–water partition coefficient (Wildman–Crippen LogP) is 7.10. The Labute approximate surface area is 291 Å². The Kier molecular flexibility index (Phi) is 13.6.